The van der Waals surface area contributed by atoms with E-state index in [0.717, 1.165) is 44.0 Å². The highest BCUT2D eigenvalue weighted by atomic mass is 16.1. The van der Waals surface area contributed by atoms with Gasteiger partial charge < -0.3 is 5.73 Å². The molecule has 0 radical (unpaired) electrons. The molecule has 1 aliphatic carbocycles. The van der Waals surface area contributed by atoms with Gasteiger partial charge in [0, 0.05) is 11.6 Å². The summed E-state index contributed by atoms with van der Waals surface area (Å²) < 4.78 is 0. The lowest BCUT2D eigenvalue weighted by Crippen LogP contribution is -2.46. The van der Waals surface area contributed by atoms with Gasteiger partial charge >= 0.3 is 0 Å². The van der Waals surface area contributed by atoms with E-state index in [9.17, 15) is 4.79 Å². The molecule has 1 saturated carbocycles. The van der Waals surface area contributed by atoms with Gasteiger partial charge in [0.2, 0.25) is 5.91 Å². The van der Waals surface area contributed by atoms with E-state index in [0.29, 0.717) is 23.7 Å². The lowest BCUT2D eigenvalue weighted by atomic mass is 9.60. The van der Waals surface area contributed by atoms with Crippen molar-refractivity contribution in [3.05, 3.63) is 42.1 Å². The van der Waals surface area contributed by atoms with Crippen LogP contribution >= 0.6 is 0 Å². The first-order valence-electron chi connectivity index (χ1n) is 11.0. The number of benzene rings is 1. The Labute approximate surface area is 170 Å². The summed E-state index contributed by atoms with van der Waals surface area (Å²) in [6.45, 7) is 8.86. The third-order valence-corrected chi connectivity index (χ3v) is 6.67. The fourth-order valence-electron chi connectivity index (χ4n) is 5.71. The van der Waals surface area contributed by atoms with Crippen molar-refractivity contribution in [1.82, 2.24) is 4.98 Å². The van der Waals surface area contributed by atoms with Crippen molar-refractivity contribution in [2.45, 2.75) is 72.1 Å². The Morgan fingerprint density at radius 3 is 2.21 bits per heavy atom. The molecule has 28 heavy (non-hydrogen) atoms. The van der Waals surface area contributed by atoms with Crippen LogP contribution < -0.4 is 5.73 Å². The highest BCUT2D eigenvalue weighted by molar-refractivity contribution is 5.82. The third-order valence-electron chi connectivity index (χ3n) is 6.67. The van der Waals surface area contributed by atoms with Crippen LogP contribution in [0.1, 0.15) is 77.7 Å². The highest BCUT2D eigenvalue weighted by Crippen LogP contribution is 2.50. The van der Waals surface area contributed by atoms with Crippen molar-refractivity contribution in [3.63, 3.8) is 0 Å². The quantitative estimate of drug-likeness (QED) is 0.633. The van der Waals surface area contributed by atoms with Crippen LogP contribution in [-0.2, 0) is 4.79 Å². The largest absolute Gasteiger partial charge is 0.369 e. The molecule has 3 heteroatoms. The molecule has 0 atom stereocenters. The molecule has 2 aromatic rings. The number of aromatic nitrogens is 1. The first-order valence-corrected chi connectivity index (χ1v) is 11.0. The minimum Gasteiger partial charge on any atom is -0.369 e. The molecule has 0 unspecified atom stereocenters. The van der Waals surface area contributed by atoms with Gasteiger partial charge in [-0.05, 0) is 79.9 Å². The van der Waals surface area contributed by atoms with Crippen LogP contribution in [0.3, 0.4) is 0 Å². The fraction of sp³-hybridized carbons (Fsp3) is 0.600. The lowest BCUT2D eigenvalue weighted by Gasteiger charge is -2.44. The SMILES string of the molecule is CC(C)CC(CC(C)C)(C(N)=O)C1CCC(c2ccnc3ccccc23)CC1. The standard InChI is InChI=1S/C25H36N2O/c1-17(2)15-25(24(26)28,16-18(3)4)20-11-9-19(10-12-20)21-13-14-27-23-8-6-5-7-22(21)23/h5-8,13-14,17-20H,9-12,15-16H2,1-4H3,(H2,26,28). The summed E-state index contributed by atoms with van der Waals surface area (Å²) in [5.41, 5.74) is 8.21. The van der Waals surface area contributed by atoms with Gasteiger partial charge in [-0.25, -0.2) is 0 Å². The molecule has 0 spiro atoms. The third kappa shape index (κ3) is 4.24. The zero-order valence-electron chi connectivity index (χ0n) is 17.9. The van der Waals surface area contributed by atoms with Crippen molar-refractivity contribution in [2.24, 2.45) is 28.9 Å². The minimum absolute atomic E-state index is 0.0762. The van der Waals surface area contributed by atoms with Crippen LogP contribution in [0.15, 0.2) is 36.5 Å². The van der Waals surface area contributed by atoms with Crippen LogP contribution in [0.4, 0.5) is 0 Å². The zero-order chi connectivity index (χ0) is 20.3. The Bertz CT molecular complexity index is 788. The van der Waals surface area contributed by atoms with E-state index in [1.165, 1.54) is 10.9 Å². The molecule has 0 bridgehead atoms. The van der Waals surface area contributed by atoms with Gasteiger partial charge in [0.1, 0.15) is 0 Å². The number of nitrogens with two attached hydrogens (primary N) is 1. The maximum atomic E-state index is 12.7. The summed E-state index contributed by atoms with van der Waals surface area (Å²) >= 11 is 0. The Hall–Kier alpha value is -1.90. The molecule has 1 aromatic carbocycles. The fourth-order valence-corrected chi connectivity index (χ4v) is 5.71. The van der Waals surface area contributed by atoms with Crippen LogP contribution in [0, 0.1) is 23.2 Å². The van der Waals surface area contributed by atoms with Crippen molar-refractivity contribution >= 4 is 16.8 Å². The Kier molecular flexibility index (Phi) is 6.42. The average Bonchev–Trinajstić information content (AvgIpc) is 2.66. The molecular weight excluding hydrogens is 344 g/mol. The molecule has 0 aliphatic heterocycles. The summed E-state index contributed by atoms with van der Waals surface area (Å²) in [5.74, 6) is 1.83. The minimum atomic E-state index is -0.354. The molecule has 0 saturated heterocycles. The van der Waals surface area contributed by atoms with E-state index in [1.807, 2.05) is 6.20 Å². The number of primary amides is 1. The van der Waals surface area contributed by atoms with Gasteiger partial charge in [-0.2, -0.15) is 0 Å². The monoisotopic (exact) mass is 380 g/mol. The van der Waals surface area contributed by atoms with Crippen LogP contribution in [-0.4, -0.2) is 10.9 Å². The van der Waals surface area contributed by atoms with Crippen LogP contribution in [0.25, 0.3) is 10.9 Å². The molecule has 1 amide bonds. The number of hydrogen-bond acceptors (Lipinski definition) is 2. The highest BCUT2D eigenvalue weighted by Gasteiger charge is 2.45. The maximum Gasteiger partial charge on any atom is 0.223 e. The van der Waals surface area contributed by atoms with E-state index in [1.54, 1.807) is 0 Å². The average molecular weight is 381 g/mol. The Balaban J connectivity index is 1.83. The molecular formula is C25H36N2O. The van der Waals surface area contributed by atoms with E-state index in [2.05, 4.69) is 63.0 Å². The lowest BCUT2D eigenvalue weighted by molar-refractivity contribution is -0.134. The molecule has 3 nitrogen and oxygen atoms in total. The molecule has 152 valence electrons. The second-order valence-electron chi connectivity index (χ2n) is 9.68. The molecule has 2 N–H and O–H groups in total. The second kappa shape index (κ2) is 8.63. The first kappa shape index (κ1) is 20.8. The number of nitrogens with zero attached hydrogens (tertiary/aromatic N) is 1. The van der Waals surface area contributed by atoms with Crippen molar-refractivity contribution < 1.29 is 4.79 Å². The van der Waals surface area contributed by atoms with E-state index in [-0.39, 0.29) is 11.3 Å². The van der Waals surface area contributed by atoms with Gasteiger partial charge in [0.15, 0.2) is 0 Å². The van der Waals surface area contributed by atoms with E-state index in [4.69, 9.17) is 5.73 Å². The first-order chi connectivity index (χ1) is 13.3. The molecule has 1 fully saturated rings. The van der Waals surface area contributed by atoms with Crippen LogP contribution in [0.2, 0.25) is 0 Å². The van der Waals surface area contributed by atoms with Gasteiger partial charge in [-0.1, -0.05) is 45.9 Å². The molecule has 1 heterocycles. The summed E-state index contributed by atoms with van der Waals surface area (Å²) in [5, 5.41) is 1.28. The van der Waals surface area contributed by atoms with E-state index < -0.39 is 0 Å². The molecule has 1 aromatic heterocycles. The van der Waals surface area contributed by atoms with Crippen molar-refractivity contribution in [2.75, 3.05) is 0 Å². The predicted octanol–water partition coefficient (Wildman–Crippen LogP) is 6.07. The van der Waals surface area contributed by atoms with Crippen molar-refractivity contribution in [1.29, 1.82) is 0 Å². The number of fused-ring (bicyclic) bond motifs is 1. The van der Waals surface area contributed by atoms with E-state index >= 15 is 0 Å². The summed E-state index contributed by atoms with van der Waals surface area (Å²) in [6.07, 6.45) is 8.19. The number of carbonyl (C=O) groups excluding carboxylic acids is 1. The van der Waals surface area contributed by atoms with Gasteiger partial charge in [-0.15, -0.1) is 0 Å². The maximum absolute atomic E-state index is 12.7. The number of rotatable bonds is 7. The Morgan fingerprint density at radius 2 is 1.64 bits per heavy atom. The number of pyridine rings is 1. The van der Waals surface area contributed by atoms with Gasteiger partial charge in [-0.3, -0.25) is 9.78 Å². The normalized spacial score (nSPS) is 20.8. The summed E-state index contributed by atoms with van der Waals surface area (Å²) in [6, 6.07) is 10.6. The van der Waals surface area contributed by atoms with Crippen molar-refractivity contribution in [3.8, 4) is 0 Å². The van der Waals surface area contributed by atoms with Gasteiger partial charge in [0.25, 0.3) is 0 Å². The molecule has 3 rings (SSSR count). The number of carbonyl (C=O) groups is 1. The zero-order valence-corrected chi connectivity index (χ0v) is 17.9. The summed E-state index contributed by atoms with van der Waals surface area (Å²) in [7, 11) is 0. The smallest absolute Gasteiger partial charge is 0.223 e. The van der Waals surface area contributed by atoms with Gasteiger partial charge in [0.05, 0.1) is 10.9 Å². The second-order valence-corrected chi connectivity index (χ2v) is 9.68. The van der Waals surface area contributed by atoms with Crippen LogP contribution in [0.5, 0.6) is 0 Å². The Morgan fingerprint density at radius 1 is 1.04 bits per heavy atom. The summed E-state index contributed by atoms with van der Waals surface area (Å²) in [4.78, 5) is 17.3. The number of hydrogen-bond donors (Lipinski definition) is 1. The molecule has 1 aliphatic rings. The number of amides is 1. The predicted molar refractivity (Wildman–Crippen MR) is 117 cm³/mol. The topological polar surface area (TPSA) is 56.0 Å². The number of para-hydroxylation sites is 1.